The summed E-state index contributed by atoms with van der Waals surface area (Å²) >= 11 is 0. The first-order valence-electron chi connectivity index (χ1n) is 11.2. The van der Waals surface area contributed by atoms with Crippen LogP contribution in [0.1, 0.15) is 58.7 Å². The van der Waals surface area contributed by atoms with E-state index < -0.39 is 10.0 Å². The lowest BCUT2D eigenvalue weighted by Crippen LogP contribution is -2.32. The largest absolute Gasteiger partial charge is 0.343 e. The van der Waals surface area contributed by atoms with Crippen LogP contribution in [0, 0.1) is 0 Å². The van der Waals surface area contributed by atoms with Crippen LogP contribution in [0.3, 0.4) is 0 Å². The molecule has 1 aromatic carbocycles. The Labute approximate surface area is 180 Å². The SMILES string of the molecule is CCN(CC)S(=O)(=O)c1ccc2c(c1)nc(CCC(=O)N1CCCCCC1)n2CC. The predicted molar refractivity (Wildman–Crippen MR) is 119 cm³/mol. The molecule has 3 rings (SSSR count). The maximum Gasteiger partial charge on any atom is 0.243 e. The van der Waals surface area contributed by atoms with E-state index in [4.69, 9.17) is 4.98 Å². The lowest BCUT2D eigenvalue weighted by Gasteiger charge is -2.20. The number of carbonyl (C=O) groups excluding carboxylic acids is 1. The number of nitrogens with zero attached hydrogens (tertiary/aromatic N) is 4. The van der Waals surface area contributed by atoms with Crippen LogP contribution in [0.25, 0.3) is 11.0 Å². The minimum absolute atomic E-state index is 0.191. The summed E-state index contributed by atoms with van der Waals surface area (Å²) < 4.78 is 29.2. The number of carbonyl (C=O) groups is 1. The zero-order chi connectivity index (χ0) is 21.7. The molecule has 0 radical (unpaired) electrons. The van der Waals surface area contributed by atoms with Crippen LogP contribution in [-0.2, 0) is 27.8 Å². The fraction of sp³-hybridized carbons (Fsp3) is 0.636. The molecule has 1 aliphatic rings. The maximum atomic E-state index is 12.9. The van der Waals surface area contributed by atoms with E-state index in [0.29, 0.717) is 31.4 Å². The molecule has 0 unspecified atom stereocenters. The minimum atomic E-state index is -3.52. The molecule has 0 bridgehead atoms. The third-order valence-corrected chi connectivity index (χ3v) is 8.03. The molecule has 8 heteroatoms. The molecule has 0 saturated carbocycles. The van der Waals surface area contributed by atoms with E-state index in [0.717, 1.165) is 43.8 Å². The average Bonchev–Trinajstić information content (AvgIpc) is 2.89. The van der Waals surface area contributed by atoms with Crippen molar-refractivity contribution in [3.63, 3.8) is 0 Å². The second-order valence-electron chi connectivity index (χ2n) is 7.81. The molecule has 1 fully saturated rings. The van der Waals surface area contributed by atoms with Crippen molar-refractivity contribution in [1.82, 2.24) is 18.8 Å². The fourth-order valence-corrected chi connectivity index (χ4v) is 5.75. The number of amides is 1. The molecule has 2 aromatic rings. The van der Waals surface area contributed by atoms with Crippen molar-refractivity contribution >= 4 is 27.0 Å². The van der Waals surface area contributed by atoms with Gasteiger partial charge in [-0.05, 0) is 38.0 Å². The van der Waals surface area contributed by atoms with Gasteiger partial charge in [0.2, 0.25) is 15.9 Å². The summed E-state index contributed by atoms with van der Waals surface area (Å²) in [7, 11) is -3.52. The van der Waals surface area contributed by atoms with E-state index in [1.165, 1.54) is 17.1 Å². The van der Waals surface area contributed by atoms with Crippen LogP contribution in [0.4, 0.5) is 0 Å². The van der Waals surface area contributed by atoms with Crippen molar-refractivity contribution in [3.05, 3.63) is 24.0 Å². The number of fused-ring (bicyclic) bond motifs is 1. The van der Waals surface area contributed by atoms with Crippen LogP contribution < -0.4 is 0 Å². The van der Waals surface area contributed by atoms with Crippen molar-refractivity contribution in [2.45, 2.75) is 70.7 Å². The number of sulfonamides is 1. The predicted octanol–water partition coefficient (Wildman–Crippen LogP) is 3.42. The van der Waals surface area contributed by atoms with Gasteiger partial charge in [-0.15, -0.1) is 0 Å². The highest BCUT2D eigenvalue weighted by atomic mass is 32.2. The van der Waals surface area contributed by atoms with Crippen LogP contribution in [0.2, 0.25) is 0 Å². The van der Waals surface area contributed by atoms with Crippen molar-refractivity contribution in [1.29, 1.82) is 0 Å². The molecule has 1 saturated heterocycles. The molecule has 0 aliphatic carbocycles. The van der Waals surface area contributed by atoms with Gasteiger partial charge in [0.25, 0.3) is 0 Å². The second kappa shape index (κ2) is 9.92. The molecule has 0 spiro atoms. The summed E-state index contributed by atoms with van der Waals surface area (Å²) in [6.07, 6.45) is 5.58. The maximum absolute atomic E-state index is 12.9. The summed E-state index contributed by atoms with van der Waals surface area (Å²) in [5.74, 6) is 1.03. The Morgan fingerprint density at radius 2 is 1.73 bits per heavy atom. The van der Waals surface area contributed by atoms with Gasteiger partial charge < -0.3 is 9.47 Å². The first kappa shape index (κ1) is 22.7. The minimum Gasteiger partial charge on any atom is -0.343 e. The summed E-state index contributed by atoms with van der Waals surface area (Å²) in [6, 6.07) is 5.16. The van der Waals surface area contributed by atoms with Gasteiger partial charge in [-0.3, -0.25) is 4.79 Å². The monoisotopic (exact) mass is 434 g/mol. The van der Waals surface area contributed by atoms with E-state index in [-0.39, 0.29) is 10.8 Å². The normalized spacial score (nSPS) is 15.7. The molecule has 1 aliphatic heterocycles. The van der Waals surface area contributed by atoms with Gasteiger partial charge >= 0.3 is 0 Å². The average molecular weight is 435 g/mol. The standard InChI is InChI=1S/C22H34N4O3S/c1-4-25(5-2)30(28,29)18-11-12-20-19(17-18)23-21(26(20)6-3)13-14-22(27)24-15-9-7-8-10-16-24/h11-12,17H,4-10,13-16H2,1-3H3. The summed E-state index contributed by atoms with van der Waals surface area (Å²) in [6.45, 7) is 9.03. The van der Waals surface area contributed by atoms with E-state index in [1.807, 2.05) is 31.7 Å². The number of hydrogen-bond donors (Lipinski definition) is 0. The number of hydrogen-bond acceptors (Lipinski definition) is 4. The Morgan fingerprint density at radius 3 is 2.33 bits per heavy atom. The third-order valence-electron chi connectivity index (χ3n) is 5.98. The lowest BCUT2D eigenvalue weighted by atomic mass is 10.2. The van der Waals surface area contributed by atoms with Gasteiger partial charge in [0.05, 0.1) is 15.9 Å². The molecule has 2 heterocycles. The lowest BCUT2D eigenvalue weighted by molar-refractivity contribution is -0.131. The van der Waals surface area contributed by atoms with Gasteiger partial charge in [0.15, 0.2) is 0 Å². The van der Waals surface area contributed by atoms with E-state index in [1.54, 1.807) is 12.1 Å². The Morgan fingerprint density at radius 1 is 1.07 bits per heavy atom. The van der Waals surface area contributed by atoms with E-state index >= 15 is 0 Å². The fourth-order valence-electron chi connectivity index (χ4n) is 4.27. The summed E-state index contributed by atoms with van der Waals surface area (Å²) in [4.78, 5) is 19.6. The number of aryl methyl sites for hydroxylation is 2. The Bertz CT molecular complexity index is 972. The van der Waals surface area contributed by atoms with Gasteiger partial charge in [-0.1, -0.05) is 26.7 Å². The molecule has 30 heavy (non-hydrogen) atoms. The van der Waals surface area contributed by atoms with Gasteiger partial charge in [-0.2, -0.15) is 4.31 Å². The van der Waals surface area contributed by atoms with Crippen LogP contribution >= 0.6 is 0 Å². The van der Waals surface area contributed by atoms with Crippen molar-refractivity contribution < 1.29 is 13.2 Å². The highest BCUT2D eigenvalue weighted by molar-refractivity contribution is 7.89. The van der Waals surface area contributed by atoms with Crippen molar-refractivity contribution in [2.75, 3.05) is 26.2 Å². The van der Waals surface area contributed by atoms with Crippen LogP contribution in [0.5, 0.6) is 0 Å². The highest BCUT2D eigenvalue weighted by Crippen LogP contribution is 2.24. The Hall–Kier alpha value is -1.93. The molecule has 7 nitrogen and oxygen atoms in total. The van der Waals surface area contributed by atoms with Crippen LogP contribution in [0.15, 0.2) is 23.1 Å². The van der Waals surface area contributed by atoms with Gasteiger partial charge in [-0.25, -0.2) is 13.4 Å². The molecular weight excluding hydrogens is 400 g/mol. The molecule has 0 N–H and O–H groups in total. The zero-order valence-corrected chi connectivity index (χ0v) is 19.2. The Balaban J connectivity index is 1.82. The molecular formula is C22H34N4O3S. The molecule has 166 valence electrons. The molecule has 1 amide bonds. The van der Waals surface area contributed by atoms with Gasteiger partial charge in [0.1, 0.15) is 5.82 Å². The second-order valence-corrected chi connectivity index (χ2v) is 9.75. The quantitative estimate of drug-likeness (QED) is 0.638. The molecule has 0 atom stereocenters. The van der Waals surface area contributed by atoms with E-state index in [9.17, 15) is 13.2 Å². The van der Waals surface area contributed by atoms with Crippen LogP contribution in [-0.4, -0.2) is 59.3 Å². The third kappa shape index (κ3) is 4.70. The smallest absolute Gasteiger partial charge is 0.243 e. The number of rotatable bonds is 8. The van der Waals surface area contributed by atoms with Crippen molar-refractivity contribution in [2.24, 2.45) is 0 Å². The van der Waals surface area contributed by atoms with Crippen molar-refractivity contribution in [3.8, 4) is 0 Å². The van der Waals surface area contributed by atoms with E-state index in [2.05, 4.69) is 4.57 Å². The highest BCUT2D eigenvalue weighted by Gasteiger charge is 2.23. The number of likely N-dealkylation sites (tertiary alicyclic amines) is 1. The number of aromatic nitrogens is 2. The number of benzene rings is 1. The summed E-state index contributed by atoms with van der Waals surface area (Å²) in [5.41, 5.74) is 1.58. The Kier molecular flexibility index (Phi) is 7.52. The zero-order valence-electron chi connectivity index (χ0n) is 18.4. The first-order chi connectivity index (χ1) is 14.4. The number of imidazole rings is 1. The van der Waals surface area contributed by atoms with Gasteiger partial charge in [0, 0.05) is 45.6 Å². The topological polar surface area (TPSA) is 75.5 Å². The molecule has 1 aromatic heterocycles. The summed E-state index contributed by atoms with van der Waals surface area (Å²) in [5, 5.41) is 0. The first-order valence-corrected chi connectivity index (χ1v) is 12.6.